The molecule has 5 aromatic rings. The summed E-state index contributed by atoms with van der Waals surface area (Å²) < 4.78 is 6.08. The van der Waals surface area contributed by atoms with E-state index in [-0.39, 0.29) is 6.61 Å². The van der Waals surface area contributed by atoms with Crippen molar-refractivity contribution in [3.8, 4) is 28.0 Å². The average Bonchev–Trinajstić information content (AvgIpc) is 3.26. The van der Waals surface area contributed by atoms with E-state index in [1.807, 2.05) is 66.7 Å². The Balaban J connectivity index is 1.25. The Kier molecular flexibility index (Phi) is 7.20. The van der Waals surface area contributed by atoms with Gasteiger partial charge in [0.05, 0.1) is 17.7 Å². The third kappa shape index (κ3) is 5.28. The van der Waals surface area contributed by atoms with E-state index in [1.54, 1.807) is 24.3 Å². The van der Waals surface area contributed by atoms with Gasteiger partial charge in [0.1, 0.15) is 12.4 Å². The first-order valence-electron chi connectivity index (χ1n) is 13.2. The van der Waals surface area contributed by atoms with E-state index in [1.165, 1.54) is 0 Å². The van der Waals surface area contributed by atoms with Crippen molar-refractivity contribution in [1.29, 1.82) is 0 Å². The molecule has 40 heavy (non-hydrogen) atoms. The SMILES string of the molecule is O=C1c2ccccc2C(=O)N1OCCc1cc(-c2ccccc2)ccc1-c1cccc(OCc2ccccc2)c1. The van der Waals surface area contributed by atoms with Crippen molar-refractivity contribution in [2.45, 2.75) is 13.0 Å². The zero-order chi connectivity index (χ0) is 27.3. The molecule has 0 atom stereocenters. The molecule has 5 aromatic carbocycles. The van der Waals surface area contributed by atoms with Gasteiger partial charge in [-0.1, -0.05) is 103 Å². The Bertz CT molecular complexity index is 1630. The third-order valence-corrected chi connectivity index (χ3v) is 6.95. The Labute approximate surface area is 233 Å². The predicted octanol–water partition coefficient (Wildman–Crippen LogP) is 7.37. The fourth-order valence-electron chi connectivity index (χ4n) is 4.92. The van der Waals surface area contributed by atoms with Gasteiger partial charge in [-0.05, 0) is 64.1 Å². The van der Waals surface area contributed by atoms with Crippen LogP contribution in [0.1, 0.15) is 31.8 Å². The summed E-state index contributed by atoms with van der Waals surface area (Å²) in [4.78, 5) is 31.3. The van der Waals surface area contributed by atoms with Crippen molar-refractivity contribution in [2.75, 3.05) is 6.61 Å². The molecular weight excluding hydrogens is 498 g/mol. The van der Waals surface area contributed by atoms with Gasteiger partial charge in [-0.15, -0.1) is 5.06 Å². The summed E-state index contributed by atoms with van der Waals surface area (Å²) in [6.07, 6.45) is 0.499. The second kappa shape index (κ2) is 11.4. The highest BCUT2D eigenvalue weighted by Crippen LogP contribution is 2.32. The topological polar surface area (TPSA) is 55.8 Å². The first kappa shape index (κ1) is 25.3. The molecular formula is C35H27NO4. The van der Waals surface area contributed by atoms with Crippen LogP contribution in [0.3, 0.4) is 0 Å². The van der Waals surface area contributed by atoms with Gasteiger partial charge < -0.3 is 4.74 Å². The molecule has 0 radical (unpaired) electrons. The molecule has 1 aliphatic rings. The van der Waals surface area contributed by atoms with Crippen molar-refractivity contribution in [2.24, 2.45) is 0 Å². The molecule has 0 spiro atoms. The van der Waals surface area contributed by atoms with Gasteiger partial charge in [0, 0.05) is 0 Å². The van der Waals surface area contributed by atoms with Gasteiger partial charge in [0.25, 0.3) is 11.8 Å². The lowest BCUT2D eigenvalue weighted by Gasteiger charge is -2.16. The van der Waals surface area contributed by atoms with Crippen LogP contribution in [0, 0.1) is 0 Å². The van der Waals surface area contributed by atoms with E-state index < -0.39 is 11.8 Å². The smallest absolute Gasteiger partial charge is 0.285 e. The standard InChI is InChI=1S/C35H27NO4/c37-34-32-16-7-8-17-33(32)35(38)36(34)40-21-20-29-22-27(26-12-5-2-6-13-26)18-19-31(29)28-14-9-15-30(23-28)39-24-25-10-3-1-4-11-25/h1-19,22-23H,20-21,24H2. The van der Waals surface area contributed by atoms with Gasteiger partial charge >= 0.3 is 0 Å². The number of ether oxygens (including phenoxy) is 1. The lowest BCUT2D eigenvalue weighted by Crippen LogP contribution is -2.30. The first-order valence-corrected chi connectivity index (χ1v) is 13.2. The summed E-state index contributed by atoms with van der Waals surface area (Å²) in [5, 5.41) is 0.878. The highest BCUT2D eigenvalue weighted by molar-refractivity contribution is 6.20. The molecule has 1 heterocycles. The van der Waals surface area contributed by atoms with Crippen molar-refractivity contribution in [3.63, 3.8) is 0 Å². The predicted molar refractivity (Wildman–Crippen MR) is 155 cm³/mol. The number of imide groups is 1. The van der Waals surface area contributed by atoms with Gasteiger partial charge in [-0.2, -0.15) is 0 Å². The van der Waals surface area contributed by atoms with Crippen LogP contribution < -0.4 is 4.74 Å². The maximum atomic E-state index is 12.7. The van der Waals surface area contributed by atoms with Crippen LogP contribution in [0.5, 0.6) is 5.75 Å². The Hall–Kier alpha value is -5.00. The second-order valence-corrected chi connectivity index (χ2v) is 9.57. The number of benzene rings is 5. The molecule has 1 aliphatic heterocycles. The fraction of sp³-hybridized carbons (Fsp3) is 0.0857. The summed E-state index contributed by atoms with van der Waals surface area (Å²) in [6, 6.07) is 41.4. The molecule has 0 unspecified atom stereocenters. The lowest BCUT2D eigenvalue weighted by molar-refractivity contribution is -0.0901. The first-order chi connectivity index (χ1) is 19.7. The summed E-state index contributed by atoms with van der Waals surface area (Å²) in [5.74, 6) is -0.0778. The quantitative estimate of drug-likeness (QED) is 0.189. The molecule has 0 saturated carbocycles. The fourth-order valence-corrected chi connectivity index (χ4v) is 4.92. The van der Waals surface area contributed by atoms with E-state index in [2.05, 4.69) is 36.4 Å². The Morgan fingerprint density at radius 3 is 1.93 bits per heavy atom. The van der Waals surface area contributed by atoms with Crippen LogP contribution in [0.25, 0.3) is 22.3 Å². The molecule has 2 amide bonds. The minimum absolute atomic E-state index is 0.168. The second-order valence-electron chi connectivity index (χ2n) is 9.57. The molecule has 0 aromatic heterocycles. The van der Waals surface area contributed by atoms with Crippen molar-refractivity contribution in [3.05, 3.63) is 150 Å². The van der Waals surface area contributed by atoms with Gasteiger partial charge in [0.2, 0.25) is 0 Å². The number of carbonyl (C=O) groups is 2. The number of amides is 2. The van der Waals surface area contributed by atoms with E-state index in [4.69, 9.17) is 9.57 Å². The van der Waals surface area contributed by atoms with Crippen LogP contribution in [0.15, 0.2) is 127 Å². The lowest BCUT2D eigenvalue weighted by atomic mass is 9.93. The van der Waals surface area contributed by atoms with Crippen LogP contribution in [0.4, 0.5) is 0 Å². The summed E-state index contributed by atoms with van der Waals surface area (Å²) in [7, 11) is 0. The van der Waals surface area contributed by atoms with Crippen LogP contribution in [0.2, 0.25) is 0 Å². The minimum Gasteiger partial charge on any atom is -0.489 e. The molecule has 0 bridgehead atoms. The van der Waals surface area contributed by atoms with Crippen LogP contribution in [-0.4, -0.2) is 23.5 Å². The zero-order valence-corrected chi connectivity index (χ0v) is 21.8. The molecule has 0 fully saturated rings. The normalized spacial score (nSPS) is 12.4. The van der Waals surface area contributed by atoms with E-state index >= 15 is 0 Å². The van der Waals surface area contributed by atoms with E-state index in [0.717, 1.165) is 44.2 Å². The van der Waals surface area contributed by atoms with Crippen LogP contribution >= 0.6 is 0 Å². The number of nitrogens with zero attached hydrogens (tertiary/aromatic N) is 1. The van der Waals surface area contributed by atoms with E-state index in [0.29, 0.717) is 24.2 Å². The van der Waals surface area contributed by atoms with Crippen molar-refractivity contribution < 1.29 is 19.2 Å². The van der Waals surface area contributed by atoms with Gasteiger partial charge in [0.15, 0.2) is 0 Å². The summed E-state index contributed by atoms with van der Waals surface area (Å²) in [5.41, 5.74) is 7.12. The minimum atomic E-state index is -0.429. The molecule has 6 rings (SSSR count). The molecule has 0 aliphatic carbocycles. The molecule has 0 N–H and O–H groups in total. The maximum Gasteiger partial charge on any atom is 0.285 e. The van der Waals surface area contributed by atoms with Gasteiger partial charge in [-0.3, -0.25) is 14.4 Å². The molecule has 5 heteroatoms. The monoisotopic (exact) mass is 525 g/mol. The molecule has 0 saturated heterocycles. The largest absolute Gasteiger partial charge is 0.489 e. The average molecular weight is 526 g/mol. The highest BCUT2D eigenvalue weighted by atomic mass is 16.7. The maximum absolute atomic E-state index is 12.7. The number of fused-ring (bicyclic) bond motifs is 1. The number of hydrogen-bond acceptors (Lipinski definition) is 4. The number of rotatable bonds is 9. The molecule has 196 valence electrons. The van der Waals surface area contributed by atoms with E-state index in [9.17, 15) is 9.59 Å². The summed E-state index contributed by atoms with van der Waals surface area (Å²) >= 11 is 0. The number of hydrogen-bond donors (Lipinski definition) is 0. The third-order valence-electron chi connectivity index (χ3n) is 6.95. The number of hydroxylamine groups is 2. The zero-order valence-electron chi connectivity index (χ0n) is 21.8. The van der Waals surface area contributed by atoms with Crippen LogP contribution in [-0.2, 0) is 17.9 Å². The number of carbonyl (C=O) groups excluding carboxylic acids is 2. The Morgan fingerprint density at radius 1 is 0.550 bits per heavy atom. The highest BCUT2D eigenvalue weighted by Gasteiger charge is 2.36. The summed E-state index contributed by atoms with van der Waals surface area (Å²) in [6.45, 7) is 0.652. The van der Waals surface area contributed by atoms with Crippen molar-refractivity contribution >= 4 is 11.8 Å². The molecule has 5 nitrogen and oxygen atoms in total. The Morgan fingerprint density at radius 2 is 1.20 bits per heavy atom. The van der Waals surface area contributed by atoms with Crippen molar-refractivity contribution in [1.82, 2.24) is 5.06 Å². The van der Waals surface area contributed by atoms with Gasteiger partial charge in [-0.25, -0.2) is 0 Å².